The summed E-state index contributed by atoms with van der Waals surface area (Å²) in [6.45, 7) is 5.81. The molecule has 1 N–H and O–H groups in total. The van der Waals surface area contributed by atoms with Gasteiger partial charge in [0.25, 0.3) is 5.91 Å². The minimum atomic E-state index is -0.465. The minimum absolute atomic E-state index is 0.107. The highest BCUT2D eigenvalue weighted by molar-refractivity contribution is 6.33. The molecule has 86 valence electrons. The summed E-state index contributed by atoms with van der Waals surface area (Å²) < 4.78 is 5.65. The molecule has 0 bridgehead atoms. The van der Waals surface area contributed by atoms with Crippen LogP contribution in [0, 0.1) is 12.8 Å². The summed E-state index contributed by atoms with van der Waals surface area (Å²) in [4.78, 5) is 11.7. The second kappa shape index (κ2) is 3.98. The molecule has 4 heteroatoms. The molecule has 16 heavy (non-hydrogen) atoms. The molecule has 0 saturated carbocycles. The Balaban J connectivity index is 2.43. The Kier molecular flexibility index (Phi) is 2.80. The van der Waals surface area contributed by atoms with E-state index >= 15 is 0 Å². The summed E-state index contributed by atoms with van der Waals surface area (Å²) >= 11 is 6.09. The maximum absolute atomic E-state index is 11.7. The third kappa shape index (κ3) is 1.87. The fourth-order valence-electron chi connectivity index (χ4n) is 1.76. The molecular weight excluding hydrogens is 226 g/mol. The van der Waals surface area contributed by atoms with Crippen LogP contribution in [0.3, 0.4) is 0 Å². The number of hydrogen-bond donors (Lipinski definition) is 1. The Labute approximate surface area is 99.7 Å². The van der Waals surface area contributed by atoms with Crippen molar-refractivity contribution in [2.24, 2.45) is 5.92 Å². The zero-order valence-corrected chi connectivity index (χ0v) is 10.3. The fourth-order valence-corrected chi connectivity index (χ4v) is 2.08. The lowest BCUT2D eigenvalue weighted by molar-refractivity contribution is -0.125. The highest BCUT2D eigenvalue weighted by Crippen LogP contribution is 2.38. The number of amides is 1. The lowest BCUT2D eigenvalue weighted by Gasteiger charge is -2.29. The standard InChI is InChI=1S/C12H14ClNO2/c1-6(2)10-12(15)14-9-5-7(3)4-8(13)11(9)16-10/h4-6,10H,1-3H3,(H,14,15). The number of ether oxygens (including phenoxy) is 1. The molecule has 1 heterocycles. The van der Waals surface area contributed by atoms with E-state index in [1.807, 2.05) is 32.9 Å². The number of rotatable bonds is 1. The van der Waals surface area contributed by atoms with E-state index in [-0.39, 0.29) is 11.8 Å². The quantitative estimate of drug-likeness (QED) is 0.818. The topological polar surface area (TPSA) is 38.3 Å². The van der Waals surface area contributed by atoms with Crippen LogP contribution in [0.15, 0.2) is 12.1 Å². The van der Waals surface area contributed by atoms with Crippen LogP contribution in [0.2, 0.25) is 5.02 Å². The van der Waals surface area contributed by atoms with E-state index in [0.29, 0.717) is 16.5 Å². The van der Waals surface area contributed by atoms with E-state index < -0.39 is 6.10 Å². The highest BCUT2D eigenvalue weighted by Gasteiger charge is 2.31. The van der Waals surface area contributed by atoms with Crippen LogP contribution >= 0.6 is 11.6 Å². The number of carbonyl (C=O) groups is 1. The van der Waals surface area contributed by atoms with Crippen molar-refractivity contribution in [1.29, 1.82) is 0 Å². The molecule has 0 fully saturated rings. The minimum Gasteiger partial charge on any atom is -0.477 e. The zero-order valence-electron chi connectivity index (χ0n) is 9.50. The first kappa shape index (κ1) is 11.3. The van der Waals surface area contributed by atoms with Crippen molar-refractivity contribution in [3.63, 3.8) is 0 Å². The first-order valence-electron chi connectivity index (χ1n) is 5.26. The van der Waals surface area contributed by atoms with Crippen molar-refractivity contribution in [2.75, 3.05) is 5.32 Å². The second-order valence-corrected chi connectivity index (χ2v) is 4.80. The molecule has 1 aliphatic rings. The molecule has 1 unspecified atom stereocenters. The molecule has 1 aliphatic heterocycles. The summed E-state index contributed by atoms with van der Waals surface area (Å²) in [6.07, 6.45) is -0.465. The Morgan fingerprint density at radius 3 is 2.75 bits per heavy atom. The number of carbonyl (C=O) groups excluding carboxylic acids is 1. The van der Waals surface area contributed by atoms with Crippen molar-refractivity contribution in [3.05, 3.63) is 22.7 Å². The number of fused-ring (bicyclic) bond motifs is 1. The van der Waals surface area contributed by atoms with Gasteiger partial charge in [0.2, 0.25) is 0 Å². The maximum atomic E-state index is 11.7. The highest BCUT2D eigenvalue weighted by atomic mass is 35.5. The molecule has 0 radical (unpaired) electrons. The van der Waals surface area contributed by atoms with Gasteiger partial charge in [0.15, 0.2) is 11.9 Å². The van der Waals surface area contributed by atoms with Crippen LogP contribution in [0.4, 0.5) is 5.69 Å². The van der Waals surface area contributed by atoms with Crippen molar-refractivity contribution >= 4 is 23.2 Å². The molecule has 1 atom stereocenters. The molecule has 0 spiro atoms. The molecule has 3 nitrogen and oxygen atoms in total. The van der Waals surface area contributed by atoms with E-state index in [1.165, 1.54) is 0 Å². The molecule has 0 aliphatic carbocycles. The third-order valence-corrected chi connectivity index (χ3v) is 2.84. The Morgan fingerprint density at radius 2 is 2.12 bits per heavy atom. The average Bonchev–Trinajstić information content (AvgIpc) is 2.15. The van der Waals surface area contributed by atoms with Crippen molar-refractivity contribution in [3.8, 4) is 5.75 Å². The van der Waals surface area contributed by atoms with Gasteiger partial charge in [-0.2, -0.15) is 0 Å². The van der Waals surface area contributed by atoms with Crippen LogP contribution < -0.4 is 10.1 Å². The van der Waals surface area contributed by atoms with Gasteiger partial charge in [-0.15, -0.1) is 0 Å². The molecule has 1 aromatic carbocycles. The fraction of sp³-hybridized carbons (Fsp3) is 0.417. The van der Waals surface area contributed by atoms with Gasteiger partial charge in [-0.25, -0.2) is 0 Å². The maximum Gasteiger partial charge on any atom is 0.265 e. The van der Waals surface area contributed by atoms with Gasteiger partial charge in [0.05, 0.1) is 10.7 Å². The monoisotopic (exact) mass is 239 g/mol. The Morgan fingerprint density at radius 1 is 1.44 bits per heavy atom. The van der Waals surface area contributed by atoms with Gasteiger partial charge in [0, 0.05) is 0 Å². The van der Waals surface area contributed by atoms with Crippen LogP contribution in [0.25, 0.3) is 0 Å². The van der Waals surface area contributed by atoms with E-state index in [0.717, 1.165) is 5.56 Å². The summed E-state index contributed by atoms with van der Waals surface area (Å²) in [5.41, 5.74) is 1.66. The van der Waals surface area contributed by atoms with Crippen LogP contribution in [-0.4, -0.2) is 12.0 Å². The predicted molar refractivity (Wildman–Crippen MR) is 64.1 cm³/mol. The number of nitrogens with one attached hydrogen (secondary N) is 1. The second-order valence-electron chi connectivity index (χ2n) is 4.40. The molecule has 0 saturated heterocycles. The van der Waals surface area contributed by atoms with Crippen molar-refractivity contribution < 1.29 is 9.53 Å². The largest absolute Gasteiger partial charge is 0.477 e. The zero-order chi connectivity index (χ0) is 11.9. The lowest BCUT2D eigenvalue weighted by Crippen LogP contribution is -2.40. The van der Waals surface area contributed by atoms with Gasteiger partial charge < -0.3 is 10.1 Å². The Hall–Kier alpha value is -1.22. The summed E-state index contributed by atoms with van der Waals surface area (Å²) in [5, 5.41) is 3.37. The Bertz CT molecular complexity index is 443. The number of anilines is 1. The predicted octanol–water partition coefficient (Wildman–Crippen LogP) is 3.00. The third-order valence-electron chi connectivity index (χ3n) is 2.55. The average molecular weight is 240 g/mol. The first-order chi connectivity index (χ1) is 7.49. The summed E-state index contributed by atoms with van der Waals surface area (Å²) in [7, 11) is 0. The summed E-state index contributed by atoms with van der Waals surface area (Å²) in [5.74, 6) is 0.584. The van der Waals surface area contributed by atoms with Gasteiger partial charge >= 0.3 is 0 Å². The van der Waals surface area contributed by atoms with E-state index in [4.69, 9.17) is 16.3 Å². The summed E-state index contributed by atoms with van der Waals surface area (Å²) in [6, 6.07) is 3.69. The van der Waals surface area contributed by atoms with Crippen LogP contribution in [0.5, 0.6) is 5.75 Å². The number of aryl methyl sites for hydroxylation is 1. The number of halogens is 1. The normalized spacial score (nSPS) is 19.1. The van der Waals surface area contributed by atoms with Crippen molar-refractivity contribution in [1.82, 2.24) is 0 Å². The van der Waals surface area contributed by atoms with Crippen molar-refractivity contribution in [2.45, 2.75) is 26.9 Å². The first-order valence-corrected chi connectivity index (χ1v) is 5.64. The van der Waals surface area contributed by atoms with E-state index in [2.05, 4.69) is 5.32 Å². The van der Waals surface area contributed by atoms with Crippen LogP contribution in [0.1, 0.15) is 19.4 Å². The smallest absolute Gasteiger partial charge is 0.265 e. The molecule has 1 aromatic rings. The number of benzene rings is 1. The van der Waals surface area contributed by atoms with E-state index in [9.17, 15) is 4.79 Å². The molecule has 0 aromatic heterocycles. The molecule has 2 rings (SSSR count). The molecular formula is C12H14ClNO2. The SMILES string of the molecule is Cc1cc(Cl)c2c(c1)NC(=O)C(C(C)C)O2. The lowest BCUT2D eigenvalue weighted by atomic mass is 10.0. The van der Waals surface area contributed by atoms with Gasteiger partial charge in [-0.1, -0.05) is 25.4 Å². The van der Waals surface area contributed by atoms with Gasteiger partial charge in [0.1, 0.15) is 0 Å². The van der Waals surface area contributed by atoms with Crippen LogP contribution in [-0.2, 0) is 4.79 Å². The molecule has 1 amide bonds. The van der Waals surface area contributed by atoms with Gasteiger partial charge in [-0.3, -0.25) is 4.79 Å². The van der Waals surface area contributed by atoms with E-state index in [1.54, 1.807) is 0 Å². The number of hydrogen-bond acceptors (Lipinski definition) is 2. The van der Waals surface area contributed by atoms with Gasteiger partial charge in [-0.05, 0) is 30.5 Å².